The van der Waals surface area contributed by atoms with Crippen molar-refractivity contribution in [3.63, 3.8) is 0 Å². The van der Waals surface area contributed by atoms with Gasteiger partial charge in [0.1, 0.15) is 16.9 Å². The number of carbonyl (C=O) groups is 2. The van der Waals surface area contributed by atoms with Crippen LogP contribution in [0.4, 0.5) is 14.5 Å². The first-order valence-electron chi connectivity index (χ1n) is 7.26. The summed E-state index contributed by atoms with van der Waals surface area (Å²) in [5.41, 5.74) is -0.659. The molecule has 0 heterocycles. The highest BCUT2D eigenvalue weighted by atomic mass is 32.2. The molecule has 2 N–H and O–H groups in total. The third kappa shape index (κ3) is 4.75. The Morgan fingerprint density at radius 2 is 2.04 bits per heavy atom. The maximum Gasteiger partial charge on any atom is 0.341 e. The topological polar surface area (TPSA) is 110 Å². The van der Waals surface area contributed by atoms with E-state index < -0.39 is 51.1 Å². The molecule has 1 unspecified atom stereocenters. The average Bonchev–Trinajstić information content (AvgIpc) is 2.55. The predicted molar refractivity (Wildman–Crippen MR) is 83.2 cm³/mol. The fraction of sp³-hybridized carbons (Fsp3) is 0.333. The van der Waals surface area contributed by atoms with Crippen molar-refractivity contribution < 1.29 is 36.6 Å². The number of carboxylic acids is 1. The molecule has 1 aromatic carbocycles. The highest BCUT2D eigenvalue weighted by Crippen LogP contribution is 2.28. The third-order valence-electron chi connectivity index (χ3n) is 3.50. The lowest BCUT2D eigenvalue weighted by Crippen LogP contribution is -2.35. The molecule has 0 saturated carbocycles. The van der Waals surface area contributed by atoms with Gasteiger partial charge in [0.15, 0.2) is 6.61 Å². The SMILES string of the molecule is O=C(O)COC(=O)C1=CCCCC1S(=O)(=O)Nc1ccc(F)cc1F. The largest absolute Gasteiger partial charge is 0.479 e. The van der Waals surface area contributed by atoms with Crippen LogP contribution in [-0.4, -0.2) is 37.3 Å². The first-order chi connectivity index (χ1) is 11.7. The zero-order chi connectivity index (χ0) is 18.6. The number of hydrogen-bond donors (Lipinski definition) is 2. The van der Waals surface area contributed by atoms with Crippen LogP contribution >= 0.6 is 0 Å². The number of esters is 1. The number of carbonyl (C=O) groups excluding carboxylic acids is 1. The molecule has 1 aromatic rings. The lowest BCUT2D eigenvalue weighted by molar-refractivity contribution is -0.152. The van der Waals surface area contributed by atoms with Crippen molar-refractivity contribution in [2.45, 2.75) is 24.5 Å². The molecule has 0 radical (unpaired) electrons. The molecule has 10 heteroatoms. The van der Waals surface area contributed by atoms with Crippen LogP contribution in [0.2, 0.25) is 0 Å². The smallest absolute Gasteiger partial charge is 0.341 e. The molecule has 2 rings (SSSR count). The standard InChI is InChI=1S/C15H15F2NO6S/c16-9-5-6-12(11(17)7-9)18-25(22,23)13-4-2-1-3-10(13)15(21)24-8-14(19)20/h3,5-7,13,18H,1-2,4,8H2,(H,19,20). The minimum absolute atomic E-state index is 0.0755. The van der Waals surface area contributed by atoms with Crippen molar-refractivity contribution in [1.82, 2.24) is 0 Å². The van der Waals surface area contributed by atoms with Crippen molar-refractivity contribution in [1.29, 1.82) is 0 Å². The summed E-state index contributed by atoms with van der Waals surface area (Å²) in [7, 11) is -4.23. The molecule has 136 valence electrons. The normalized spacial score (nSPS) is 17.5. The number of benzene rings is 1. The highest BCUT2D eigenvalue weighted by molar-refractivity contribution is 7.93. The Labute approximate surface area is 142 Å². The van der Waals surface area contributed by atoms with Gasteiger partial charge in [-0.3, -0.25) is 4.72 Å². The zero-order valence-corrected chi connectivity index (χ0v) is 13.7. The fourth-order valence-corrected chi connectivity index (χ4v) is 4.01. The molecule has 0 fully saturated rings. The second kappa shape index (κ2) is 7.60. The summed E-state index contributed by atoms with van der Waals surface area (Å²) >= 11 is 0. The number of carboxylic acid groups (broad SMARTS) is 1. The van der Waals surface area contributed by atoms with E-state index in [0.29, 0.717) is 18.9 Å². The minimum atomic E-state index is -4.23. The summed E-state index contributed by atoms with van der Waals surface area (Å²) in [4.78, 5) is 22.4. The first-order valence-corrected chi connectivity index (χ1v) is 8.81. The molecule has 1 aliphatic carbocycles. The van der Waals surface area contributed by atoms with E-state index in [1.54, 1.807) is 0 Å². The van der Waals surface area contributed by atoms with Crippen LogP contribution in [0.1, 0.15) is 19.3 Å². The van der Waals surface area contributed by atoms with Gasteiger partial charge >= 0.3 is 11.9 Å². The summed E-state index contributed by atoms with van der Waals surface area (Å²) in [6.07, 6.45) is 2.33. The van der Waals surface area contributed by atoms with Gasteiger partial charge in [-0.2, -0.15) is 0 Å². The van der Waals surface area contributed by atoms with Gasteiger partial charge in [-0.05, 0) is 31.4 Å². The zero-order valence-electron chi connectivity index (χ0n) is 12.9. The summed E-state index contributed by atoms with van der Waals surface area (Å²) < 4.78 is 58.1. The predicted octanol–water partition coefficient (Wildman–Crippen LogP) is 1.81. The van der Waals surface area contributed by atoms with Gasteiger partial charge in [0.2, 0.25) is 10.0 Å². The van der Waals surface area contributed by atoms with Gasteiger partial charge < -0.3 is 9.84 Å². The average molecular weight is 375 g/mol. The van der Waals surface area contributed by atoms with Gasteiger partial charge in [0, 0.05) is 6.07 Å². The van der Waals surface area contributed by atoms with Gasteiger partial charge in [0.25, 0.3) is 0 Å². The molecule has 25 heavy (non-hydrogen) atoms. The van der Waals surface area contributed by atoms with E-state index in [0.717, 1.165) is 12.1 Å². The second-order valence-electron chi connectivity index (χ2n) is 5.32. The van der Waals surface area contributed by atoms with Crippen LogP contribution in [0.15, 0.2) is 29.8 Å². The molecule has 0 saturated heterocycles. The van der Waals surface area contributed by atoms with E-state index >= 15 is 0 Å². The van der Waals surface area contributed by atoms with E-state index in [2.05, 4.69) is 4.74 Å². The van der Waals surface area contributed by atoms with E-state index in [-0.39, 0.29) is 12.0 Å². The number of hydrogen-bond acceptors (Lipinski definition) is 5. The number of rotatable bonds is 6. The Morgan fingerprint density at radius 3 is 2.68 bits per heavy atom. The Morgan fingerprint density at radius 1 is 1.32 bits per heavy atom. The summed E-state index contributed by atoms with van der Waals surface area (Å²) in [6.45, 7) is -0.900. The molecule has 1 aliphatic rings. The molecule has 0 aliphatic heterocycles. The quantitative estimate of drug-likeness (QED) is 0.734. The van der Waals surface area contributed by atoms with Gasteiger partial charge in [-0.1, -0.05) is 6.08 Å². The summed E-state index contributed by atoms with van der Waals surface area (Å²) in [6, 6.07) is 2.34. The molecule has 0 spiro atoms. The second-order valence-corrected chi connectivity index (χ2v) is 7.18. The number of allylic oxidation sites excluding steroid dienone is 1. The van der Waals surface area contributed by atoms with Crippen LogP contribution in [0.5, 0.6) is 0 Å². The van der Waals surface area contributed by atoms with E-state index in [4.69, 9.17) is 5.11 Å². The number of aliphatic carboxylic acids is 1. The maximum atomic E-state index is 13.7. The van der Waals surface area contributed by atoms with Crippen LogP contribution in [0, 0.1) is 11.6 Å². The number of sulfonamides is 1. The lowest BCUT2D eigenvalue weighted by atomic mass is 9.99. The Kier molecular flexibility index (Phi) is 5.73. The summed E-state index contributed by atoms with van der Waals surface area (Å²) in [5, 5.41) is 7.21. The lowest BCUT2D eigenvalue weighted by Gasteiger charge is -2.23. The molecule has 1 atom stereocenters. The Bertz CT molecular complexity index is 821. The van der Waals surface area contributed by atoms with E-state index in [1.165, 1.54) is 6.08 Å². The minimum Gasteiger partial charge on any atom is -0.479 e. The summed E-state index contributed by atoms with van der Waals surface area (Å²) in [5.74, 6) is -4.40. The van der Waals surface area contributed by atoms with Gasteiger partial charge in [-0.25, -0.2) is 26.8 Å². The van der Waals surface area contributed by atoms with Crippen molar-refractivity contribution in [3.8, 4) is 0 Å². The van der Waals surface area contributed by atoms with E-state index in [9.17, 15) is 26.8 Å². The number of halogens is 2. The Balaban J connectivity index is 2.23. The molecule has 7 nitrogen and oxygen atoms in total. The third-order valence-corrected chi connectivity index (χ3v) is 5.25. The number of anilines is 1. The van der Waals surface area contributed by atoms with Crippen molar-refractivity contribution >= 4 is 27.6 Å². The number of nitrogens with one attached hydrogen (secondary N) is 1. The van der Waals surface area contributed by atoms with Crippen molar-refractivity contribution in [2.24, 2.45) is 0 Å². The van der Waals surface area contributed by atoms with Gasteiger partial charge in [-0.15, -0.1) is 0 Å². The monoisotopic (exact) mass is 375 g/mol. The van der Waals surface area contributed by atoms with Gasteiger partial charge in [0.05, 0.1) is 11.3 Å². The van der Waals surface area contributed by atoms with Crippen LogP contribution < -0.4 is 4.72 Å². The molecular formula is C15H15F2NO6S. The van der Waals surface area contributed by atoms with E-state index in [1.807, 2.05) is 4.72 Å². The molecule has 0 bridgehead atoms. The fourth-order valence-electron chi connectivity index (χ4n) is 2.39. The maximum absolute atomic E-state index is 13.7. The molecule has 0 amide bonds. The van der Waals surface area contributed by atoms with Crippen LogP contribution in [-0.2, 0) is 24.3 Å². The Hall–Kier alpha value is -2.49. The van der Waals surface area contributed by atoms with Crippen LogP contribution in [0.3, 0.4) is 0 Å². The first kappa shape index (κ1) is 18.8. The van der Waals surface area contributed by atoms with Crippen LogP contribution in [0.25, 0.3) is 0 Å². The molecule has 0 aromatic heterocycles. The molecular weight excluding hydrogens is 360 g/mol. The highest BCUT2D eigenvalue weighted by Gasteiger charge is 2.35. The van der Waals surface area contributed by atoms with Crippen molar-refractivity contribution in [2.75, 3.05) is 11.3 Å². The van der Waals surface area contributed by atoms with Crippen molar-refractivity contribution in [3.05, 3.63) is 41.5 Å². The number of ether oxygens (including phenoxy) is 1.